The second kappa shape index (κ2) is 11.4. The summed E-state index contributed by atoms with van der Waals surface area (Å²) in [5, 5.41) is 5.35. The summed E-state index contributed by atoms with van der Waals surface area (Å²) < 4.78 is 51.8. The molecule has 3 aliphatic rings. The zero-order valence-electron chi connectivity index (χ0n) is 27.2. The summed E-state index contributed by atoms with van der Waals surface area (Å²) in [5.74, 6) is 1.94. The van der Waals surface area contributed by atoms with Gasteiger partial charge in [-0.15, -0.1) is 0 Å². The van der Waals surface area contributed by atoms with Crippen molar-refractivity contribution in [3.63, 3.8) is 0 Å². The van der Waals surface area contributed by atoms with Crippen LogP contribution in [0.1, 0.15) is 47.3 Å². The maximum Gasteiger partial charge on any atom is 0.433 e. The third-order valence-electron chi connectivity index (χ3n) is 10.4. The van der Waals surface area contributed by atoms with E-state index in [0.29, 0.717) is 52.1 Å². The molecule has 14 heteroatoms. The van der Waals surface area contributed by atoms with Crippen LogP contribution in [-0.2, 0) is 19.3 Å². The number of carbonyl (C=O) groups is 1. The van der Waals surface area contributed by atoms with Crippen LogP contribution in [0.3, 0.4) is 0 Å². The second-order valence-electron chi connectivity index (χ2n) is 13.7. The molecule has 50 heavy (non-hydrogen) atoms. The average molecular weight is 682 g/mol. The number of hydrogen-bond acceptors (Lipinski definition) is 7. The van der Waals surface area contributed by atoms with Gasteiger partial charge in [-0.2, -0.15) is 18.3 Å². The number of amides is 1. The molecule has 2 bridgehead atoms. The zero-order chi connectivity index (χ0) is 34.3. The van der Waals surface area contributed by atoms with Gasteiger partial charge >= 0.3 is 6.18 Å². The van der Waals surface area contributed by atoms with E-state index in [1.165, 1.54) is 16.8 Å². The predicted octanol–water partition coefficient (Wildman–Crippen LogP) is 5.68. The first-order valence-corrected chi connectivity index (χ1v) is 16.8. The molecule has 6 aromatic rings. The van der Waals surface area contributed by atoms with Gasteiger partial charge < -0.3 is 24.5 Å². The molecule has 1 aromatic carbocycles. The Bertz CT molecular complexity index is 2290. The highest BCUT2D eigenvalue weighted by molar-refractivity contribution is 6.00. The number of aromatic nitrogens is 7. The van der Waals surface area contributed by atoms with Crippen LogP contribution in [0.2, 0.25) is 0 Å². The Labute approximate surface area is 284 Å². The Balaban J connectivity index is 1.18. The number of piperidine rings is 1. The van der Waals surface area contributed by atoms with Crippen LogP contribution in [-0.4, -0.2) is 70.4 Å². The molecule has 1 aliphatic heterocycles. The van der Waals surface area contributed by atoms with Gasteiger partial charge in [0.2, 0.25) is 0 Å². The van der Waals surface area contributed by atoms with Crippen LogP contribution in [0.15, 0.2) is 67.1 Å². The van der Waals surface area contributed by atoms with Gasteiger partial charge in [0.1, 0.15) is 22.6 Å². The fourth-order valence-corrected chi connectivity index (χ4v) is 7.78. The van der Waals surface area contributed by atoms with E-state index in [-0.39, 0.29) is 30.4 Å². The van der Waals surface area contributed by atoms with Crippen molar-refractivity contribution >= 4 is 28.0 Å². The lowest BCUT2D eigenvalue weighted by Crippen LogP contribution is -2.41. The summed E-state index contributed by atoms with van der Waals surface area (Å²) >= 11 is 0. The number of imidazole rings is 1. The molecule has 256 valence electrons. The van der Waals surface area contributed by atoms with E-state index in [1.54, 1.807) is 31.8 Å². The summed E-state index contributed by atoms with van der Waals surface area (Å²) in [4.78, 5) is 29.5. The number of carbonyl (C=O) groups excluding carboxylic acids is 1. The van der Waals surface area contributed by atoms with Crippen LogP contribution in [0.5, 0.6) is 5.75 Å². The number of ether oxygens (including phenoxy) is 1. The topological polar surface area (TPSA) is 122 Å². The number of nitrogens with zero attached hydrogens (tertiary/aromatic N) is 8. The Hall–Kier alpha value is -5.24. The van der Waals surface area contributed by atoms with Crippen LogP contribution < -0.4 is 10.5 Å². The van der Waals surface area contributed by atoms with Crippen LogP contribution in [0, 0.1) is 11.8 Å². The lowest BCUT2D eigenvalue weighted by molar-refractivity contribution is -0.141. The number of nitrogens with two attached hydrogens (primary N) is 1. The number of pyridine rings is 2. The van der Waals surface area contributed by atoms with E-state index in [1.807, 2.05) is 27.7 Å². The monoisotopic (exact) mass is 681 g/mol. The van der Waals surface area contributed by atoms with Crippen LogP contribution >= 0.6 is 0 Å². The SMILES string of the molecule is COc1cc(C(=O)N2CC3CCC2[C@@H]3N)cc2nc(-c3cc4cccnc4n3CC3CC3)n(Cc3cnn(-c4cccc(C(F)(F)F)n4)c3)c12. The minimum absolute atomic E-state index is 0.00978. The van der Waals surface area contributed by atoms with Gasteiger partial charge in [-0.25, -0.2) is 19.6 Å². The van der Waals surface area contributed by atoms with Gasteiger partial charge in [0.05, 0.1) is 31.1 Å². The van der Waals surface area contributed by atoms with Gasteiger partial charge in [0, 0.05) is 54.1 Å². The lowest BCUT2D eigenvalue weighted by Gasteiger charge is -2.27. The quantitative estimate of drug-likeness (QED) is 0.219. The van der Waals surface area contributed by atoms with E-state index in [2.05, 4.69) is 20.7 Å². The molecule has 0 spiro atoms. The van der Waals surface area contributed by atoms with Crippen molar-refractivity contribution in [1.82, 2.24) is 38.8 Å². The number of rotatable bonds is 8. The summed E-state index contributed by atoms with van der Waals surface area (Å²) in [5.41, 5.74) is 9.63. The first kappa shape index (κ1) is 30.8. The molecular formula is C36H34F3N9O2. The fraction of sp³-hybridized carbons (Fsp3) is 0.361. The standard InChI is InChI=1S/C36H34F3N9O2/c1-50-28-14-24(35(49)46-19-23-9-10-26(46)31(23)40)12-25-32(28)47(17-21-15-42-48(18-21)30-6-2-5-29(44-30)36(37,38)39)34(43-25)27-13-22-4-3-11-41-33(22)45(27)16-20-7-8-20/h2-6,11-15,18,20,23,26,31H,7-10,16-17,19,40H2,1H3/t23?,26?,31-/m1/s1. The Kier molecular flexibility index (Phi) is 7.02. The Morgan fingerprint density at radius 1 is 1.04 bits per heavy atom. The van der Waals surface area contributed by atoms with Crippen molar-refractivity contribution in [2.45, 2.75) is 57.0 Å². The first-order valence-electron chi connectivity index (χ1n) is 16.8. The molecule has 6 heterocycles. The number of methoxy groups -OCH3 is 1. The Morgan fingerprint density at radius 2 is 1.90 bits per heavy atom. The van der Waals surface area contributed by atoms with Gasteiger partial charge in [0.15, 0.2) is 11.6 Å². The van der Waals surface area contributed by atoms with Crippen LogP contribution in [0.4, 0.5) is 13.2 Å². The summed E-state index contributed by atoms with van der Waals surface area (Å²) in [7, 11) is 1.57. The number of fused-ring (bicyclic) bond motifs is 4. The third-order valence-corrected chi connectivity index (χ3v) is 10.4. The highest BCUT2D eigenvalue weighted by Crippen LogP contribution is 2.40. The number of alkyl halides is 3. The van der Waals surface area contributed by atoms with Crippen molar-refractivity contribution in [2.75, 3.05) is 13.7 Å². The fourth-order valence-electron chi connectivity index (χ4n) is 7.78. The second-order valence-corrected chi connectivity index (χ2v) is 13.7. The molecule has 9 rings (SSSR count). The number of benzene rings is 1. The number of hydrogen-bond donors (Lipinski definition) is 1. The van der Waals surface area contributed by atoms with Crippen LogP contribution in [0.25, 0.3) is 39.4 Å². The van der Waals surface area contributed by atoms with E-state index in [0.717, 1.165) is 55.0 Å². The molecule has 2 unspecified atom stereocenters. The molecule has 3 fully saturated rings. The van der Waals surface area contributed by atoms with Crippen molar-refractivity contribution in [3.05, 3.63) is 83.9 Å². The van der Waals surface area contributed by atoms with Crippen molar-refractivity contribution in [2.24, 2.45) is 17.6 Å². The summed E-state index contributed by atoms with van der Waals surface area (Å²) in [6.07, 6.45) is 4.70. The lowest BCUT2D eigenvalue weighted by atomic mass is 10.1. The zero-order valence-corrected chi connectivity index (χ0v) is 27.2. The van der Waals surface area contributed by atoms with Crippen molar-refractivity contribution < 1.29 is 22.7 Å². The number of likely N-dealkylation sites (tertiary alicyclic amines) is 1. The van der Waals surface area contributed by atoms with Gasteiger partial charge in [-0.05, 0) is 80.0 Å². The van der Waals surface area contributed by atoms with E-state index in [4.69, 9.17) is 20.4 Å². The van der Waals surface area contributed by atoms with Gasteiger partial charge in [-0.3, -0.25) is 4.79 Å². The Morgan fingerprint density at radius 3 is 2.64 bits per heavy atom. The third kappa shape index (κ3) is 5.11. The molecule has 2 saturated carbocycles. The molecule has 2 aliphatic carbocycles. The van der Waals surface area contributed by atoms with Gasteiger partial charge in [-0.1, -0.05) is 6.07 Å². The molecular weight excluding hydrogens is 647 g/mol. The molecule has 11 nitrogen and oxygen atoms in total. The minimum atomic E-state index is -4.58. The largest absolute Gasteiger partial charge is 0.494 e. The predicted molar refractivity (Wildman–Crippen MR) is 179 cm³/mol. The smallest absolute Gasteiger partial charge is 0.433 e. The summed E-state index contributed by atoms with van der Waals surface area (Å²) in [6, 6.07) is 13.3. The average Bonchev–Trinajstić information content (AvgIpc) is 3.43. The molecule has 1 saturated heterocycles. The first-order chi connectivity index (χ1) is 24.2. The van der Waals surface area contributed by atoms with Gasteiger partial charge in [0.25, 0.3) is 5.91 Å². The van der Waals surface area contributed by atoms with E-state index in [9.17, 15) is 18.0 Å². The minimum Gasteiger partial charge on any atom is -0.494 e. The molecule has 2 N–H and O–H groups in total. The van der Waals surface area contributed by atoms with E-state index >= 15 is 0 Å². The molecule has 5 aromatic heterocycles. The highest BCUT2D eigenvalue weighted by atomic mass is 19.4. The maximum atomic E-state index is 14.0. The number of halogens is 3. The van der Waals surface area contributed by atoms with Crippen molar-refractivity contribution in [1.29, 1.82) is 0 Å². The molecule has 0 radical (unpaired) electrons. The van der Waals surface area contributed by atoms with Crippen molar-refractivity contribution in [3.8, 4) is 23.1 Å². The normalized spacial score (nSPS) is 20.4. The van der Waals surface area contributed by atoms with E-state index < -0.39 is 11.9 Å². The maximum absolute atomic E-state index is 14.0. The summed E-state index contributed by atoms with van der Waals surface area (Å²) in [6.45, 7) is 1.69. The molecule has 3 atom stereocenters. The molecule has 1 amide bonds. The highest BCUT2D eigenvalue weighted by Gasteiger charge is 2.47.